The molecule has 0 saturated carbocycles. The van der Waals surface area contributed by atoms with Gasteiger partial charge in [0.15, 0.2) is 0 Å². The van der Waals surface area contributed by atoms with E-state index in [-0.39, 0.29) is 11.3 Å². The van der Waals surface area contributed by atoms with E-state index in [1.165, 1.54) is 4.31 Å². The molecule has 0 radical (unpaired) electrons. The van der Waals surface area contributed by atoms with Gasteiger partial charge in [0.1, 0.15) is 5.21 Å². The van der Waals surface area contributed by atoms with Crippen molar-refractivity contribution in [3.63, 3.8) is 0 Å². The summed E-state index contributed by atoms with van der Waals surface area (Å²) in [5, 5.41) is -0.326. The maximum atomic E-state index is 11.6. The van der Waals surface area contributed by atoms with Gasteiger partial charge in [0.2, 0.25) is 10.0 Å². The van der Waals surface area contributed by atoms with E-state index in [0.717, 1.165) is 25.9 Å². The number of sulfonamides is 1. The second kappa shape index (κ2) is 5.67. The second-order valence-corrected chi connectivity index (χ2v) is 7.21. The highest BCUT2D eigenvalue weighted by Gasteiger charge is 2.29. The van der Waals surface area contributed by atoms with E-state index in [4.69, 9.17) is 11.6 Å². The number of halogens is 1. The normalized spacial score (nSPS) is 20.9. The van der Waals surface area contributed by atoms with Crippen LogP contribution in [0.2, 0.25) is 0 Å². The molecule has 1 fully saturated rings. The lowest BCUT2D eigenvalue weighted by Crippen LogP contribution is -2.47. The summed E-state index contributed by atoms with van der Waals surface area (Å²) in [6, 6.07) is 0.648. The topological polar surface area (TPSA) is 40.6 Å². The predicted molar refractivity (Wildman–Crippen MR) is 67.1 cm³/mol. The Balaban J connectivity index is 2.54. The van der Waals surface area contributed by atoms with Crippen molar-refractivity contribution >= 4 is 21.6 Å². The molecule has 0 atom stereocenters. The summed E-state index contributed by atoms with van der Waals surface area (Å²) in [6.45, 7) is 6.26. The molecule has 0 N–H and O–H groups in total. The highest BCUT2D eigenvalue weighted by molar-refractivity contribution is 7.90. The first kappa shape index (κ1) is 14.2. The van der Waals surface area contributed by atoms with Crippen LogP contribution in [0.5, 0.6) is 0 Å². The smallest absolute Gasteiger partial charge is 0.228 e. The molecule has 1 aliphatic rings. The summed E-state index contributed by atoms with van der Waals surface area (Å²) in [6.07, 6.45) is 1.79. The summed E-state index contributed by atoms with van der Waals surface area (Å²) in [7, 11) is -1.62. The van der Waals surface area contributed by atoms with Crippen molar-refractivity contribution in [3.05, 3.63) is 0 Å². The third kappa shape index (κ3) is 3.32. The van der Waals surface area contributed by atoms with Gasteiger partial charge in [-0.2, -0.15) is 0 Å². The standard InChI is InChI=1S/C10H21ClN2O2S/c1-9(2)13-6-4-10(5-7-13)12(3)16(14,15)8-11/h9-10H,4-8H2,1-3H3. The van der Waals surface area contributed by atoms with Gasteiger partial charge < -0.3 is 4.90 Å². The summed E-state index contributed by atoms with van der Waals surface area (Å²) < 4.78 is 24.6. The van der Waals surface area contributed by atoms with Crippen LogP contribution in [0, 0.1) is 0 Å². The molecule has 0 spiro atoms. The minimum atomic E-state index is -3.26. The Kier molecular flexibility index (Phi) is 5.04. The van der Waals surface area contributed by atoms with Crippen LogP contribution in [-0.2, 0) is 10.0 Å². The molecule has 1 saturated heterocycles. The fourth-order valence-electron chi connectivity index (χ4n) is 2.07. The Labute approximate surface area is 104 Å². The highest BCUT2D eigenvalue weighted by atomic mass is 35.5. The van der Waals surface area contributed by atoms with Gasteiger partial charge in [0, 0.05) is 19.1 Å². The molecule has 0 aromatic rings. The first-order valence-electron chi connectivity index (χ1n) is 5.64. The number of likely N-dealkylation sites (tertiary alicyclic amines) is 1. The summed E-state index contributed by atoms with van der Waals surface area (Å²) in [5.74, 6) is 0. The van der Waals surface area contributed by atoms with E-state index in [9.17, 15) is 8.42 Å². The average molecular weight is 269 g/mol. The first-order chi connectivity index (χ1) is 7.38. The van der Waals surface area contributed by atoms with Crippen LogP contribution in [0.15, 0.2) is 0 Å². The lowest BCUT2D eigenvalue weighted by molar-refractivity contribution is 0.140. The van der Waals surface area contributed by atoms with Crippen LogP contribution in [0.25, 0.3) is 0 Å². The first-order valence-corrected chi connectivity index (χ1v) is 7.78. The van der Waals surface area contributed by atoms with Gasteiger partial charge in [0.05, 0.1) is 0 Å². The van der Waals surface area contributed by atoms with Gasteiger partial charge in [0.25, 0.3) is 0 Å². The minimum absolute atomic E-state index is 0.110. The molecular formula is C10H21ClN2O2S. The van der Waals surface area contributed by atoms with Crippen LogP contribution in [0.3, 0.4) is 0 Å². The van der Waals surface area contributed by atoms with E-state index in [0.29, 0.717) is 6.04 Å². The van der Waals surface area contributed by atoms with Crippen LogP contribution in [0.4, 0.5) is 0 Å². The number of rotatable bonds is 4. The molecule has 1 heterocycles. The van der Waals surface area contributed by atoms with Crippen molar-refractivity contribution in [2.24, 2.45) is 0 Å². The molecule has 4 nitrogen and oxygen atoms in total. The molecule has 1 aliphatic heterocycles. The van der Waals surface area contributed by atoms with Gasteiger partial charge >= 0.3 is 0 Å². The minimum Gasteiger partial charge on any atom is -0.301 e. The molecule has 0 aromatic carbocycles. The zero-order valence-electron chi connectivity index (χ0n) is 10.2. The zero-order valence-corrected chi connectivity index (χ0v) is 11.8. The van der Waals surface area contributed by atoms with Gasteiger partial charge in [-0.3, -0.25) is 0 Å². The summed E-state index contributed by atoms with van der Waals surface area (Å²) in [5.41, 5.74) is 0. The summed E-state index contributed by atoms with van der Waals surface area (Å²) in [4.78, 5) is 2.37. The average Bonchev–Trinajstić information content (AvgIpc) is 2.28. The van der Waals surface area contributed by atoms with Gasteiger partial charge in [-0.1, -0.05) is 0 Å². The third-order valence-corrected chi connectivity index (χ3v) is 5.60. The second-order valence-electron chi connectivity index (χ2n) is 4.60. The monoisotopic (exact) mass is 268 g/mol. The quantitative estimate of drug-likeness (QED) is 0.722. The zero-order chi connectivity index (χ0) is 12.3. The largest absolute Gasteiger partial charge is 0.301 e. The molecule has 1 rings (SSSR count). The molecule has 6 heteroatoms. The SMILES string of the molecule is CC(C)N1CCC(N(C)S(=O)(=O)CCl)CC1. The maximum absolute atomic E-state index is 11.6. The Morgan fingerprint density at radius 2 is 1.88 bits per heavy atom. The Bertz CT molecular complexity index is 311. The maximum Gasteiger partial charge on any atom is 0.228 e. The Hall–Kier alpha value is 0.160. The van der Waals surface area contributed by atoms with Crippen molar-refractivity contribution in [3.8, 4) is 0 Å². The van der Waals surface area contributed by atoms with Crippen molar-refractivity contribution in [2.75, 3.05) is 25.3 Å². The lowest BCUT2D eigenvalue weighted by Gasteiger charge is -2.37. The fourth-order valence-corrected chi connectivity index (χ4v) is 3.35. The Morgan fingerprint density at radius 3 is 2.25 bits per heavy atom. The molecular weight excluding hydrogens is 248 g/mol. The number of hydrogen-bond donors (Lipinski definition) is 0. The van der Waals surface area contributed by atoms with Crippen molar-refractivity contribution in [1.82, 2.24) is 9.21 Å². The molecule has 0 amide bonds. The summed E-state index contributed by atoms with van der Waals surface area (Å²) >= 11 is 5.45. The van der Waals surface area contributed by atoms with E-state index < -0.39 is 10.0 Å². The van der Waals surface area contributed by atoms with Crippen LogP contribution in [0.1, 0.15) is 26.7 Å². The van der Waals surface area contributed by atoms with E-state index in [2.05, 4.69) is 18.7 Å². The van der Waals surface area contributed by atoms with Crippen molar-refractivity contribution in [1.29, 1.82) is 0 Å². The molecule has 0 unspecified atom stereocenters. The Morgan fingerprint density at radius 1 is 1.38 bits per heavy atom. The number of piperidine rings is 1. The number of nitrogens with zero attached hydrogens (tertiary/aromatic N) is 2. The van der Waals surface area contributed by atoms with Crippen molar-refractivity contribution < 1.29 is 8.42 Å². The van der Waals surface area contributed by atoms with Gasteiger partial charge in [-0.25, -0.2) is 12.7 Å². The van der Waals surface area contributed by atoms with E-state index in [1.54, 1.807) is 7.05 Å². The van der Waals surface area contributed by atoms with Crippen LogP contribution in [-0.4, -0.2) is 55.1 Å². The van der Waals surface area contributed by atoms with E-state index >= 15 is 0 Å². The van der Waals surface area contributed by atoms with Crippen LogP contribution < -0.4 is 0 Å². The lowest BCUT2D eigenvalue weighted by atomic mass is 10.0. The molecule has 0 aromatic heterocycles. The third-order valence-electron chi connectivity index (χ3n) is 3.32. The van der Waals surface area contributed by atoms with Gasteiger partial charge in [-0.15, -0.1) is 11.6 Å². The molecule has 96 valence electrons. The number of alkyl halides is 1. The van der Waals surface area contributed by atoms with Gasteiger partial charge in [-0.05, 0) is 39.8 Å². The highest BCUT2D eigenvalue weighted by Crippen LogP contribution is 2.19. The fraction of sp³-hybridized carbons (Fsp3) is 1.00. The predicted octanol–water partition coefficient (Wildman–Crippen LogP) is 1.32. The van der Waals surface area contributed by atoms with E-state index in [1.807, 2.05) is 0 Å². The van der Waals surface area contributed by atoms with Crippen LogP contribution >= 0.6 is 11.6 Å². The molecule has 16 heavy (non-hydrogen) atoms. The number of hydrogen-bond acceptors (Lipinski definition) is 3. The molecule has 0 aliphatic carbocycles. The molecule has 0 bridgehead atoms. The van der Waals surface area contributed by atoms with Crippen molar-refractivity contribution in [2.45, 2.75) is 38.8 Å².